The summed E-state index contributed by atoms with van der Waals surface area (Å²) in [6, 6.07) is 2.72. The standard InChI is InChI=1S/3C7H13N.2C6H11NO/c2*1-3-7-4-2-6(1)5-8-7;1-2-6-4-7(3-1)8-5-6;2*1-2-6-7-3-5(1)4-8-6/h3*6-8H,1-5H2;2*5-7H,1-4H2/t;;;2*5-,6+/m...10/s1. The summed E-state index contributed by atoms with van der Waals surface area (Å²) in [4.78, 5) is 0. The molecule has 0 aromatic heterocycles. The summed E-state index contributed by atoms with van der Waals surface area (Å²) in [7, 11) is 0. The van der Waals surface area contributed by atoms with Crippen molar-refractivity contribution in [3.8, 4) is 0 Å². The second kappa shape index (κ2) is 15.4. The van der Waals surface area contributed by atoms with E-state index in [1.807, 2.05) is 0 Å². The summed E-state index contributed by atoms with van der Waals surface area (Å²) in [5.74, 6) is 4.77. The van der Waals surface area contributed by atoms with Crippen LogP contribution in [0.1, 0.15) is 103 Å². The second-order valence-corrected chi connectivity index (χ2v) is 14.7. The average Bonchev–Trinajstić information content (AvgIpc) is 3.42. The SMILES string of the molecule is C1CC2CCC1CN2.C1CC2CCC1CN2.C1CC2CNC(C1)C2.C1C[C@@H]2NC[C@H]1CO2.C1C[C@H]2NC[C@@H]1CO2. The van der Waals surface area contributed by atoms with Gasteiger partial charge in [-0.2, -0.15) is 0 Å². The zero-order valence-corrected chi connectivity index (χ0v) is 25.4. The summed E-state index contributed by atoms with van der Waals surface area (Å²) < 4.78 is 10.7. The number of hydrogen-bond acceptors (Lipinski definition) is 7. The molecular formula is C33H61N5O2. The first-order valence-electron chi connectivity index (χ1n) is 17.6. The molecule has 40 heavy (non-hydrogen) atoms. The normalized spacial score (nSPS) is 45.0. The van der Waals surface area contributed by atoms with Gasteiger partial charge in [0.15, 0.2) is 0 Å². The van der Waals surface area contributed by atoms with Crippen molar-refractivity contribution in [3.05, 3.63) is 0 Å². The molecule has 14 rings (SSSR count). The smallest absolute Gasteiger partial charge is 0.108 e. The molecule has 2 unspecified atom stereocenters. The third-order valence-corrected chi connectivity index (χ3v) is 11.6. The Morgan fingerprint density at radius 1 is 0.350 bits per heavy atom. The molecule has 10 bridgehead atoms. The van der Waals surface area contributed by atoms with Crippen LogP contribution in [0.5, 0.6) is 0 Å². The maximum atomic E-state index is 5.37. The molecule has 6 atom stereocenters. The van der Waals surface area contributed by atoms with Crippen LogP contribution in [0, 0.1) is 29.6 Å². The Bertz CT molecular complexity index is 487. The van der Waals surface area contributed by atoms with Crippen LogP contribution in [0.4, 0.5) is 0 Å². The van der Waals surface area contributed by atoms with Crippen molar-refractivity contribution in [2.45, 2.75) is 133 Å². The van der Waals surface area contributed by atoms with Gasteiger partial charge in [-0.25, -0.2) is 0 Å². The first kappa shape index (κ1) is 29.8. The van der Waals surface area contributed by atoms with E-state index in [1.165, 1.54) is 135 Å². The lowest BCUT2D eigenvalue weighted by Gasteiger charge is -2.36. The largest absolute Gasteiger partial charge is 0.363 e. The summed E-state index contributed by atoms with van der Waals surface area (Å²) >= 11 is 0. The third-order valence-electron chi connectivity index (χ3n) is 11.6. The van der Waals surface area contributed by atoms with Crippen LogP contribution in [-0.4, -0.2) is 76.5 Å². The van der Waals surface area contributed by atoms with E-state index in [9.17, 15) is 0 Å². The Morgan fingerprint density at radius 3 is 1.00 bits per heavy atom. The van der Waals surface area contributed by atoms with Crippen LogP contribution in [0.15, 0.2) is 0 Å². The van der Waals surface area contributed by atoms with Gasteiger partial charge in [-0.3, -0.25) is 10.6 Å². The highest BCUT2D eigenvalue weighted by Crippen LogP contribution is 2.30. The molecule has 14 aliphatic rings. The van der Waals surface area contributed by atoms with Gasteiger partial charge < -0.3 is 25.4 Å². The maximum absolute atomic E-state index is 5.37. The number of fused-ring (bicyclic) bond motifs is 14. The van der Waals surface area contributed by atoms with Gasteiger partial charge in [-0.15, -0.1) is 0 Å². The first-order chi connectivity index (χ1) is 19.7. The molecule has 0 spiro atoms. The molecule has 0 aromatic carbocycles. The summed E-state index contributed by atoms with van der Waals surface area (Å²) in [5.41, 5.74) is 0. The van der Waals surface area contributed by atoms with Crippen LogP contribution < -0.4 is 26.6 Å². The molecule has 11 heterocycles. The fraction of sp³-hybridized carbons (Fsp3) is 1.00. The van der Waals surface area contributed by atoms with Gasteiger partial charge in [0.2, 0.25) is 0 Å². The molecule has 5 N–H and O–H groups in total. The van der Waals surface area contributed by atoms with Crippen LogP contribution in [-0.2, 0) is 9.47 Å². The fourth-order valence-corrected chi connectivity index (χ4v) is 8.66. The number of hydrogen-bond donors (Lipinski definition) is 5. The van der Waals surface area contributed by atoms with Crippen molar-refractivity contribution >= 4 is 0 Å². The van der Waals surface area contributed by atoms with Crippen molar-refractivity contribution in [3.63, 3.8) is 0 Å². The van der Waals surface area contributed by atoms with Gasteiger partial charge in [0, 0.05) is 31.2 Å². The average molecular weight is 560 g/mol. The molecule has 11 saturated heterocycles. The van der Waals surface area contributed by atoms with E-state index in [1.54, 1.807) is 0 Å². The lowest BCUT2D eigenvalue weighted by Crippen LogP contribution is -2.48. The molecular weight excluding hydrogens is 498 g/mol. The molecule has 11 aliphatic heterocycles. The quantitative estimate of drug-likeness (QED) is 0.306. The van der Waals surface area contributed by atoms with Gasteiger partial charge in [-0.1, -0.05) is 6.42 Å². The Balaban J connectivity index is 0.0000000904. The topological polar surface area (TPSA) is 78.6 Å². The van der Waals surface area contributed by atoms with Crippen molar-refractivity contribution in [2.75, 3.05) is 45.9 Å². The highest BCUT2D eigenvalue weighted by molar-refractivity contribution is 4.86. The van der Waals surface area contributed by atoms with Crippen LogP contribution in [0.2, 0.25) is 0 Å². The van der Waals surface area contributed by atoms with Crippen molar-refractivity contribution < 1.29 is 9.47 Å². The highest BCUT2D eigenvalue weighted by atomic mass is 16.5. The van der Waals surface area contributed by atoms with Gasteiger partial charge >= 0.3 is 0 Å². The molecule has 0 aromatic rings. The molecule has 3 aliphatic carbocycles. The van der Waals surface area contributed by atoms with Crippen LogP contribution in [0.25, 0.3) is 0 Å². The molecule has 0 amide bonds. The zero-order chi connectivity index (χ0) is 27.0. The molecule has 0 radical (unpaired) electrons. The van der Waals surface area contributed by atoms with E-state index in [4.69, 9.17) is 9.47 Å². The minimum atomic E-state index is 0.403. The van der Waals surface area contributed by atoms with Gasteiger partial charge in [-0.05, 0) is 146 Å². The van der Waals surface area contributed by atoms with Gasteiger partial charge in [0.25, 0.3) is 0 Å². The van der Waals surface area contributed by atoms with E-state index < -0.39 is 0 Å². The Kier molecular flexibility index (Phi) is 11.5. The van der Waals surface area contributed by atoms with Crippen molar-refractivity contribution in [2.24, 2.45) is 29.6 Å². The first-order valence-corrected chi connectivity index (χ1v) is 17.6. The van der Waals surface area contributed by atoms with E-state index in [2.05, 4.69) is 26.6 Å². The minimum absolute atomic E-state index is 0.403. The third kappa shape index (κ3) is 9.11. The number of nitrogens with one attached hydrogen (secondary N) is 5. The Hall–Kier alpha value is -0.280. The molecule has 230 valence electrons. The Morgan fingerprint density at radius 2 is 0.800 bits per heavy atom. The molecule has 3 saturated carbocycles. The van der Waals surface area contributed by atoms with E-state index in [0.29, 0.717) is 12.5 Å². The minimum Gasteiger partial charge on any atom is -0.363 e. The summed E-state index contributed by atoms with van der Waals surface area (Å²) in [5, 5.41) is 17.1. The molecule has 7 heteroatoms. The number of ether oxygens (including phenoxy) is 2. The van der Waals surface area contributed by atoms with E-state index in [0.717, 1.165) is 60.9 Å². The maximum Gasteiger partial charge on any atom is 0.108 e. The predicted octanol–water partition coefficient (Wildman–Crippen LogP) is 4.13. The molecule has 7 nitrogen and oxygen atoms in total. The zero-order valence-electron chi connectivity index (χ0n) is 25.4. The lowest BCUT2D eigenvalue weighted by molar-refractivity contribution is -0.0725. The van der Waals surface area contributed by atoms with Gasteiger partial charge in [0.1, 0.15) is 12.5 Å². The summed E-state index contributed by atoms with van der Waals surface area (Å²) in [6.45, 7) is 8.30. The lowest BCUT2D eigenvalue weighted by atomic mass is 9.82. The predicted molar refractivity (Wildman–Crippen MR) is 162 cm³/mol. The fourth-order valence-electron chi connectivity index (χ4n) is 8.66. The van der Waals surface area contributed by atoms with E-state index >= 15 is 0 Å². The second-order valence-electron chi connectivity index (χ2n) is 14.7. The van der Waals surface area contributed by atoms with Crippen LogP contribution in [0.3, 0.4) is 0 Å². The number of rotatable bonds is 0. The van der Waals surface area contributed by atoms with Gasteiger partial charge in [0.05, 0.1) is 13.2 Å². The highest BCUT2D eigenvalue weighted by Gasteiger charge is 2.29. The van der Waals surface area contributed by atoms with E-state index in [-0.39, 0.29) is 0 Å². The monoisotopic (exact) mass is 559 g/mol. The van der Waals surface area contributed by atoms with Crippen molar-refractivity contribution in [1.29, 1.82) is 0 Å². The summed E-state index contributed by atoms with van der Waals surface area (Å²) in [6.07, 6.45) is 23.7. The molecule has 14 fully saturated rings. The Labute approximate surface area is 244 Å². The van der Waals surface area contributed by atoms with Crippen molar-refractivity contribution in [1.82, 2.24) is 26.6 Å². The number of piperidine rings is 6. The van der Waals surface area contributed by atoms with Crippen LogP contribution >= 0.6 is 0 Å².